The summed E-state index contributed by atoms with van der Waals surface area (Å²) in [4.78, 5) is 39.5. The average molecular weight is 695 g/mol. The molecule has 15 heteroatoms. The van der Waals surface area contributed by atoms with E-state index in [-0.39, 0.29) is 50.8 Å². The first-order chi connectivity index (χ1) is 23.3. The molecular weight excluding hydrogens is 658 g/mol. The Kier molecular flexibility index (Phi) is 10.6. The molecule has 0 radical (unpaired) electrons. The van der Waals surface area contributed by atoms with Gasteiger partial charge < -0.3 is 24.0 Å². The van der Waals surface area contributed by atoms with Gasteiger partial charge in [0.05, 0.1) is 29.8 Å². The number of methoxy groups -OCH3 is 1. The molecule has 2 aliphatic heterocycles. The van der Waals surface area contributed by atoms with Crippen LogP contribution in [0.3, 0.4) is 0 Å². The summed E-state index contributed by atoms with van der Waals surface area (Å²) in [7, 11) is 1.48. The van der Waals surface area contributed by atoms with Crippen LogP contribution >= 0.6 is 0 Å². The third-order valence-electron chi connectivity index (χ3n) is 8.81. The fourth-order valence-electron chi connectivity index (χ4n) is 6.48. The molecule has 264 valence electrons. The molecule has 0 unspecified atom stereocenters. The molecule has 1 aromatic carbocycles. The molecule has 0 N–H and O–H groups in total. The van der Waals surface area contributed by atoms with Gasteiger partial charge >= 0.3 is 12.4 Å². The second kappa shape index (κ2) is 14.5. The summed E-state index contributed by atoms with van der Waals surface area (Å²) in [6, 6.07) is 8.62. The largest absolute Gasteiger partial charge is 0.481 e. The van der Waals surface area contributed by atoms with Crippen LogP contribution in [0, 0.1) is 0 Å². The molecule has 2 aliphatic rings. The number of rotatable bonds is 9. The van der Waals surface area contributed by atoms with Crippen molar-refractivity contribution in [3.8, 4) is 17.5 Å². The number of piperidine rings is 2. The number of nitrogens with zero attached hydrogens (tertiary/aromatic N) is 4. The van der Waals surface area contributed by atoms with Gasteiger partial charge in [-0.15, -0.1) is 0 Å². The highest BCUT2D eigenvalue weighted by Gasteiger charge is 2.56. The average Bonchev–Trinajstić information content (AvgIpc) is 3.08. The monoisotopic (exact) mass is 694 g/mol. The molecule has 0 spiro atoms. The highest BCUT2D eigenvalue weighted by molar-refractivity contribution is 5.97. The maximum atomic E-state index is 14.7. The minimum absolute atomic E-state index is 0.0323. The molecule has 3 aromatic rings. The Balaban J connectivity index is 1.48. The van der Waals surface area contributed by atoms with Gasteiger partial charge in [0, 0.05) is 63.4 Å². The van der Waals surface area contributed by atoms with Crippen LogP contribution in [0.1, 0.15) is 66.9 Å². The van der Waals surface area contributed by atoms with Gasteiger partial charge in [0.25, 0.3) is 11.8 Å². The van der Waals surface area contributed by atoms with Crippen LogP contribution in [-0.4, -0.2) is 76.1 Å². The fourth-order valence-corrected chi connectivity index (χ4v) is 6.48. The lowest BCUT2D eigenvalue weighted by atomic mass is 9.79. The van der Waals surface area contributed by atoms with Gasteiger partial charge in [0.2, 0.25) is 17.4 Å². The van der Waals surface area contributed by atoms with Crippen LogP contribution in [0.4, 0.5) is 26.3 Å². The molecule has 5 rings (SSSR count). The Labute approximate surface area is 279 Å². The molecule has 0 aliphatic carbocycles. The molecule has 2 atom stereocenters. The van der Waals surface area contributed by atoms with Crippen molar-refractivity contribution in [3.63, 3.8) is 0 Å². The topological polar surface area (TPSA) is 94.1 Å². The molecule has 2 amide bonds. The summed E-state index contributed by atoms with van der Waals surface area (Å²) in [5, 5.41) is 0. The van der Waals surface area contributed by atoms with Gasteiger partial charge in [-0.1, -0.05) is 19.4 Å². The maximum absolute atomic E-state index is 14.7. The summed E-state index contributed by atoms with van der Waals surface area (Å²) in [5.41, 5.74) is -4.57. The predicted octanol–water partition coefficient (Wildman–Crippen LogP) is 6.82. The lowest BCUT2D eigenvalue weighted by Crippen LogP contribution is -2.68. The number of pyridine rings is 2. The Bertz CT molecular complexity index is 1610. The third kappa shape index (κ3) is 7.86. The number of likely N-dealkylation sites (tertiary alicyclic amines) is 2. The van der Waals surface area contributed by atoms with Crippen LogP contribution in [0.25, 0.3) is 0 Å². The van der Waals surface area contributed by atoms with Crippen molar-refractivity contribution < 1.29 is 50.1 Å². The number of alkyl halides is 6. The van der Waals surface area contributed by atoms with Crippen LogP contribution in [0.5, 0.6) is 17.5 Å². The summed E-state index contributed by atoms with van der Waals surface area (Å²) in [5.74, 6) is -0.798. The molecule has 9 nitrogen and oxygen atoms in total. The molecule has 0 saturated carbocycles. The zero-order chi connectivity index (χ0) is 35.4. The normalized spacial score (nSPS) is 20.5. The van der Waals surface area contributed by atoms with E-state index in [0.29, 0.717) is 31.0 Å². The van der Waals surface area contributed by atoms with Crippen molar-refractivity contribution in [1.29, 1.82) is 0 Å². The Morgan fingerprint density at radius 3 is 2.27 bits per heavy atom. The summed E-state index contributed by atoms with van der Waals surface area (Å²) < 4.78 is 99.6. The zero-order valence-corrected chi connectivity index (χ0v) is 26.9. The summed E-state index contributed by atoms with van der Waals surface area (Å²) >= 11 is 0. The molecular formula is C34H36F6N4O5. The minimum Gasteiger partial charge on any atom is -0.481 e. The van der Waals surface area contributed by atoms with Crippen LogP contribution < -0.4 is 14.2 Å². The number of benzene rings is 1. The number of hydrogen-bond donors (Lipinski definition) is 0. The van der Waals surface area contributed by atoms with E-state index < -0.39 is 52.5 Å². The molecule has 2 saturated heterocycles. The Morgan fingerprint density at radius 1 is 0.939 bits per heavy atom. The first-order valence-electron chi connectivity index (χ1n) is 15.9. The molecule has 0 bridgehead atoms. The van der Waals surface area contributed by atoms with Gasteiger partial charge in [-0.05, 0) is 43.2 Å². The second-order valence-corrected chi connectivity index (χ2v) is 12.0. The standard InChI is InChI=1S/C34H36F6N4O5/c1-3-6-27-32(49-24-11-9-22(10-12-24)33(35,36)37,16-5-18-44(27)30(45)25-21-41-17-13-26(25)34(38,39)40)31(46)43-19-14-23(15-20-43)48-29-8-4-7-28(42-29)47-2/h4,7-13,17,21,23,27H,3,5-6,14-16,18-20H2,1-2H3/t27-,32+/m1/s1. The van der Waals surface area contributed by atoms with E-state index in [2.05, 4.69) is 9.97 Å². The van der Waals surface area contributed by atoms with Crippen LogP contribution in [0.15, 0.2) is 60.9 Å². The first kappa shape index (κ1) is 35.7. The number of carbonyl (C=O) groups is 2. The molecule has 4 heterocycles. The van der Waals surface area contributed by atoms with E-state index in [4.69, 9.17) is 14.2 Å². The zero-order valence-electron chi connectivity index (χ0n) is 26.9. The number of hydrogen-bond acceptors (Lipinski definition) is 7. The number of halogens is 6. The summed E-state index contributed by atoms with van der Waals surface area (Å²) in [6.45, 7) is 2.27. The predicted molar refractivity (Wildman–Crippen MR) is 164 cm³/mol. The molecule has 2 aromatic heterocycles. The van der Waals surface area contributed by atoms with E-state index in [1.165, 1.54) is 12.0 Å². The smallest absolute Gasteiger partial charge is 0.417 e. The van der Waals surface area contributed by atoms with Gasteiger partial charge in [-0.2, -0.15) is 31.3 Å². The van der Waals surface area contributed by atoms with Crippen molar-refractivity contribution in [1.82, 2.24) is 19.8 Å². The van der Waals surface area contributed by atoms with Crippen molar-refractivity contribution >= 4 is 11.8 Å². The van der Waals surface area contributed by atoms with Crippen molar-refractivity contribution in [2.75, 3.05) is 26.7 Å². The first-order valence-corrected chi connectivity index (χ1v) is 15.9. The second-order valence-electron chi connectivity index (χ2n) is 12.0. The lowest BCUT2D eigenvalue weighted by molar-refractivity contribution is -0.161. The summed E-state index contributed by atoms with van der Waals surface area (Å²) in [6.07, 6.45) is -6.30. The minimum atomic E-state index is -4.85. The van der Waals surface area contributed by atoms with E-state index >= 15 is 0 Å². The highest BCUT2D eigenvalue weighted by Crippen LogP contribution is 2.41. The number of aromatic nitrogens is 2. The number of amides is 2. The van der Waals surface area contributed by atoms with Gasteiger partial charge in [0.1, 0.15) is 11.9 Å². The van der Waals surface area contributed by atoms with Gasteiger partial charge in [-0.3, -0.25) is 14.6 Å². The van der Waals surface area contributed by atoms with Crippen molar-refractivity contribution in [2.45, 2.75) is 75.5 Å². The molecule has 2 fully saturated rings. The highest BCUT2D eigenvalue weighted by atomic mass is 19.4. The maximum Gasteiger partial charge on any atom is 0.417 e. The number of carbonyl (C=O) groups excluding carboxylic acids is 2. The quantitative estimate of drug-likeness (QED) is 0.227. The van der Waals surface area contributed by atoms with E-state index in [1.54, 1.807) is 30.0 Å². The Hall–Kier alpha value is -4.56. The van der Waals surface area contributed by atoms with Crippen LogP contribution in [-0.2, 0) is 17.1 Å². The number of ether oxygens (including phenoxy) is 3. The van der Waals surface area contributed by atoms with Crippen molar-refractivity contribution in [2.24, 2.45) is 0 Å². The molecule has 49 heavy (non-hydrogen) atoms. The van der Waals surface area contributed by atoms with Crippen molar-refractivity contribution in [3.05, 3.63) is 77.6 Å². The Morgan fingerprint density at radius 2 is 1.63 bits per heavy atom. The van der Waals surface area contributed by atoms with E-state index in [0.717, 1.165) is 42.7 Å². The van der Waals surface area contributed by atoms with Gasteiger partial charge in [0.15, 0.2) is 0 Å². The van der Waals surface area contributed by atoms with E-state index in [9.17, 15) is 35.9 Å². The van der Waals surface area contributed by atoms with E-state index in [1.807, 2.05) is 0 Å². The SMILES string of the molecule is CCC[C@H]1N(C(=O)c2cnccc2C(F)(F)F)CCC[C@@]1(Oc1ccc(C(F)(F)F)cc1)C(=O)N1CCC(Oc2cccc(OC)n2)CC1. The van der Waals surface area contributed by atoms with Crippen LogP contribution in [0.2, 0.25) is 0 Å². The lowest BCUT2D eigenvalue weighted by Gasteiger charge is -2.50. The fraction of sp³-hybridized carbons (Fsp3) is 0.471. The van der Waals surface area contributed by atoms with Gasteiger partial charge in [-0.25, -0.2) is 0 Å². The third-order valence-corrected chi connectivity index (χ3v) is 8.81.